The van der Waals surface area contributed by atoms with E-state index in [0.717, 1.165) is 28.7 Å². The van der Waals surface area contributed by atoms with Gasteiger partial charge in [-0.1, -0.05) is 24.1 Å². The van der Waals surface area contributed by atoms with Crippen LogP contribution in [0.3, 0.4) is 0 Å². The van der Waals surface area contributed by atoms with Crippen LogP contribution in [0.15, 0.2) is 53.7 Å². The molecule has 0 saturated heterocycles. The molecule has 1 aliphatic carbocycles. The van der Waals surface area contributed by atoms with Crippen molar-refractivity contribution in [2.45, 2.75) is 49.6 Å². The highest BCUT2D eigenvalue weighted by molar-refractivity contribution is 7.89. The van der Waals surface area contributed by atoms with Crippen molar-refractivity contribution in [1.29, 1.82) is 0 Å². The minimum Gasteiger partial charge on any atom is -0.624 e. The lowest BCUT2D eigenvalue weighted by molar-refractivity contribution is -0.504. The number of aromatic nitrogens is 1. The number of aryl methyl sites for hydroxylation is 1. The van der Waals surface area contributed by atoms with Gasteiger partial charge in [-0.15, -0.1) is 0 Å². The molecule has 0 amide bonds. The lowest BCUT2D eigenvalue weighted by Gasteiger charge is -2.30. The van der Waals surface area contributed by atoms with E-state index in [1.165, 1.54) is 6.21 Å². The Bertz CT molecular complexity index is 865. The summed E-state index contributed by atoms with van der Waals surface area (Å²) in [7, 11) is -3.66. The summed E-state index contributed by atoms with van der Waals surface area (Å²) in [4.78, 5) is 4.16. The van der Waals surface area contributed by atoms with Crippen LogP contribution >= 0.6 is 0 Å². The van der Waals surface area contributed by atoms with E-state index in [9.17, 15) is 13.6 Å². The van der Waals surface area contributed by atoms with Gasteiger partial charge in [0.05, 0.1) is 10.9 Å². The third kappa shape index (κ3) is 4.47. The number of rotatable bonds is 5. The van der Waals surface area contributed by atoms with Crippen LogP contribution in [0.1, 0.15) is 36.8 Å². The SMILES string of the molecule is Cc1ccc(S(=O)(=O)N[C@@H]2CCCC[C@H]2/[N+]([O-])=C/c2ccncc2)cc1. The van der Waals surface area contributed by atoms with Gasteiger partial charge in [-0.3, -0.25) is 4.98 Å². The summed E-state index contributed by atoms with van der Waals surface area (Å²) in [5.41, 5.74) is 1.75. The van der Waals surface area contributed by atoms with Crippen LogP contribution in [0.25, 0.3) is 0 Å². The zero-order chi connectivity index (χ0) is 18.6. The Morgan fingerprint density at radius 2 is 1.77 bits per heavy atom. The number of benzene rings is 1. The van der Waals surface area contributed by atoms with Gasteiger partial charge < -0.3 is 5.21 Å². The molecule has 2 atom stereocenters. The van der Waals surface area contributed by atoms with Crippen molar-refractivity contribution in [3.05, 3.63) is 65.1 Å². The third-order valence-corrected chi connectivity index (χ3v) is 6.18. The highest BCUT2D eigenvalue weighted by Crippen LogP contribution is 2.23. The first-order chi connectivity index (χ1) is 12.5. The van der Waals surface area contributed by atoms with E-state index in [-0.39, 0.29) is 4.90 Å². The molecule has 0 bridgehead atoms. The summed E-state index contributed by atoms with van der Waals surface area (Å²) in [5.74, 6) is 0. The zero-order valence-electron chi connectivity index (χ0n) is 14.7. The number of nitrogens with zero attached hydrogens (tertiary/aromatic N) is 2. The first-order valence-corrected chi connectivity index (χ1v) is 10.2. The monoisotopic (exact) mass is 373 g/mol. The molecule has 1 aliphatic rings. The van der Waals surface area contributed by atoms with Crippen LogP contribution in [0, 0.1) is 12.1 Å². The number of sulfonamides is 1. The summed E-state index contributed by atoms with van der Waals surface area (Å²) >= 11 is 0. The Labute approximate surface area is 154 Å². The standard InChI is InChI=1S/C19H23N3O3S/c1-15-6-8-17(9-7-15)26(24,25)21-18-4-2-3-5-19(18)22(23)14-16-10-12-20-13-11-16/h6-14,18-19,21H,2-5H2,1H3/b22-14-/t18-,19-/m1/s1. The van der Waals surface area contributed by atoms with Gasteiger partial charge in [0.25, 0.3) is 0 Å². The maximum atomic E-state index is 12.7. The molecule has 1 aromatic heterocycles. The maximum Gasteiger partial charge on any atom is 0.241 e. The van der Waals surface area contributed by atoms with Crippen molar-refractivity contribution in [3.63, 3.8) is 0 Å². The molecule has 1 fully saturated rings. The van der Waals surface area contributed by atoms with Gasteiger partial charge in [0.1, 0.15) is 0 Å². The predicted octanol–water partition coefficient (Wildman–Crippen LogP) is 2.61. The number of hydrogen-bond donors (Lipinski definition) is 1. The van der Waals surface area contributed by atoms with E-state index < -0.39 is 22.1 Å². The van der Waals surface area contributed by atoms with Gasteiger partial charge in [-0.05, 0) is 44.0 Å². The quantitative estimate of drug-likeness (QED) is 0.378. The Kier molecular flexibility index (Phi) is 5.68. The summed E-state index contributed by atoms with van der Waals surface area (Å²) in [6.45, 7) is 1.91. The smallest absolute Gasteiger partial charge is 0.241 e. The van der Waals surface area contributed by atoms with E-state index in [0.29, 0.717) is 12.8 Å². The van der Waals surface area contributed by atoms with Crippen molar-refractivity contribution in [2.75, 3.05) is 0 Å². The predicted molar refractivity (Wildman–Crippen MR) is 101 cm³/mol. The molecule has 3 rings (SSSR count). The Balaban J connectivity index is 1.80. The third-order valence-electron chi connectivity index (χ3n) is 4.68. The number of pyridine rings is 1. The highest BCUT2D eigenvalue weighted by Gasteiger charge is 2.34. The fourth-order valence-corrected chi connectivity index (χ4v) is 4.53. The molecule has 6 nitrogen and oxygen atoms in total. The first kappa shape index (κ1) is 18.5. The molecule has 26 heavy (non-hydrogen) atoms. The Morgan fingerprint density at radius 3 is 2.46 bits per heavy atom. The van der Waals surface area contributed by atoms with Crippen LogP contribution in [-0.2, 0) is 10.0 Å². The Morgan fingerprint density at radius 1 is 1.12 bits per heavy atom. The van der Waals surface area contributed by atoms with Gasteiger partial charge >= 0.3 is 0 Å². The first-order valence-electron chi connectivity index (χ1n) is 8.75. The molecule has 1 heterocycles. The minimum atomic E-state index is -3.66. The lowest BCUT2D eigenvalue weighted by Crippen LogP contribution is -2.49. The normalized spacial score (nSPS) is 21.5. The van der Waals surface area contributed by atoms with Crippen molar-refractivity contribution < 1.29 is 13.2 Å². The molecule has 7 heteroatoms. The van der Waals surface area contributed by atoms with Gasteiger partial charge in [0, 0.05) is 24.4 Å². The second kappa shape index (κ2) is 7.97. The number of hydroxylamine groups is 1. The summed E-state index contributed by atoms with van der Waals surface area (Å²) in [6, 6.07) is 9.39. The van der Waals surface area contributed by atoms with Crippen LogP contribution in [0.2, 0.25) is 0 Å². The van der Waals surface area contributed by atoms with E-state index in [4.69, 9.17) is 0 Å². The molecule has 1 N–H and O–H groups in total. The Hall–Kier alpha value is -2.25. The minimum absolute atomic E-state index is 0.225. The summed E-state index contributed by atoms with van der Waals surface area (Å²) in [6.07, 6.45) is 7.88. The van der Waals surface area contributed by atoms with Gasteiger partial charge in [-0.25, -0.2) is 17.9 Å². The van der Waals surface area contributed by atoms with Gasteiger partial charge in [-0.2, -0.15) is 0 Å². The molecular weight excluding hydrogens is 350 g/mol. The lowest BCUT2D eigenvalue weighted by atomic mass is 9.91. The molecule has 0 radical (unpaired) electrons. The largest absolute Gasteiger partial charge is 0.624 e. The molecule has 0 unspecified atom stereocenters. The summed E-state index contributed by atoms with van der Waals surface area (Å²) in [5, 5.41) is 12.7. The average Bonchev–Trinajstić information content (AvgIpc) is 2.63. The number of hydrogen-bond acceptors (Lipinski definition) is 4. The second-order valence-electron chi connectivity index (χ2n) is 6.66. The zero-order valence-corrected chi connectivity index (χ0v) is 15.5. The number of nitrogens with one attached hydrogen (secondary N) is 1. The van der Waals surface area contributed by atoms with Crippen molar-refractivity contribution in [3.8, 4) is 0 Å². The molecule has 138 valence electrons. The van der Waals surface area contributed by atoms with E-state index in [1.807, 2.05) is 6.92 Å². The van der Waals surface area contributed by atoms with Gasteiger partial charge in [0.2, 0.25) is 10.0 Å². The molecule has 0 aliphatic heterocycles. The fraction of sp³-hybridized carbons (Fsp3) is 0.368. The molecule has 2 aromatic rings. The molecule has 0 spiro atoms. The van der Waals surface area contributed by atoms with Gasteiger partial charge in [0.15, 0.2) is 12.3 Å². The maximum absolute atomic E-state index is 12.7. The van der Waals surface area contributed by atoms with Crippen LogP contribution in [0.4, 0.5) is 0 Å². The van der Waals surface area contributed by atoms with Crippen molar-refractivity contribution in [1.82, 2.24) is 9.71 Å². The van der Waals surface area contributed by atoms with E-state index in [1.54, 1.807) is 48.8 Å². The van der Waals surface area contributed by atoms with Crippen molar-refractivity contribution >= 4 is 16.2 Å². The average molecular weight is 373 g/mol. The second-order valence-corrected chi connectivity index (χ2v) is 8.38. The van der Waals surface area contributed by atoms with Crippen molar-refractivity contribution in [2.24, 2.45) is 0 Å². The molecule has 1 aromatic carbocycles. The van der Waals surface area contributed by atoms with Crippen LogP contribution in [-0.4, -0.2) is 36.4 Å². The summed E-state index contributed by atoms with van der Waals surface area (Å²) < 4.78 is 29.0. The van der Waals surface area contributed by atoms with Crippen LogP contribution in [0.5, 0.6) is 0 Å². The van der Waals surface area contributed by atoms with Crippen LogP contribution < -0.4 is 4.72 Å². The molecule has 1 saturated carbocycles. The van der Waals surface area contributed by atoms with E-state index >= 15 is 0 Å². The fourth-order valence-electron chi connectivity index (χ4n) is 3.23. The van der Waals surface area contributed by atoms with E-state index in [2.05, 4.69) is 9.71 Å². The highest BCUT2D eigenvalue weighted by atomic mass is 32.2. The molecular formula is C19H23N3O3S. The topological polar surface area (TPSA) is 85.1 Å².